The van der Waals surface area contributed by atoms with Crippen molar-refractivity contribution in [2.75, 3.05) is 13.1 Å². The maximum absolute atomic E-state index is 13.3. The molecule has 3 aromatic rings. The molecule has 3 heterocycles. The minimum absolute atomic E-state index is 0.0749. The molecule has 1 saturated heterocycles. The zero-order chi connectivity index (χ0) is 20.1. The number of aryl methyl sites for hydroxylation is 2. The zero-order valence-corrected chi connectivity index (χ0v) is 17.6. The Hall–Kier alpha value is -2.19. The quantitative estimate of drug-likeness (QED) is 0.725. The highest BCUT2D eigenvalue weighted by molar-refractivity contribution is 7.89. The summed E-state index contributed by atoms with van der Waals surface area (Å²) in [6.45, 7) is 8.76. The Balaban J connectivity index is 1.72. The van der Waals surface area contributed by atoms with Gasteiger partial charge in [0, 0.05) is 25.0 Å². The van der Waals surface area contributed by atoms with E-state index in [2.05, 4.69) is 34.7 Å². The lowest BCUT2D eigenvalue weighted by Gasteiger charge is -2.32. The van der Waals surface area contributed by atoms with Crippen LogP contribution in [0.3, 0.4) is 0 Å². The van der Waals surface area contributed by atoms with Crippen molar-refractivity contribution < 1.29 is 8.42 Å². The summed E-state index contributed by atoms with van der Waals surface area (Å²) in [5.74, 6) is 1.06. The topological polar surface area (TPSA) is 83.9 Å². The van der Waals surface area contributed by atoms with E-state index in [0.717, 1.165) is 29.7 Å². The van der Waals surface area contributed by atoms with Crippen LogP contribution in [0.15, 0.2) is 29.2 Å². The Morgan fingerprint density at radius 1 is 1.21 bits per heavy atom. The predicted molar refractivity (Wildman–Crippen MR) is 109 cm³/mol. The van der Waals surface area contributed by atoms with Crippen molar-refractivity contribution in [1.29, 1.82) is 0 Å². The molecule has 1 N–H and O–H groups in total. The van der Waals surface area contributed by atoms with Crippen molar-refractivity contribution in [2.45, 2.75) is 57.4 Å². The molecule has 0 aliphatic carbocycles. The molecule has 1 aliphatic rings. The zero-order valence-electron chi connectivity index (χ0n) is 16.8. The third-order valence-corrected chi connectivity index (χ3v) is 7.68. The van der Waals surface area contributed by atoms with E-state index in [9.17, 15) is 8.42 Å². The highest BCUT2D eigenvalue weighted by Gasteiger charge is 2.35. The highest BCUT2D eigenvalue weighted by Crippen LogP contribution is 2.34. The van der Waals surface area contributed by atoms with Crippen LogP contribution in [0.25, 0.3) is 11.0 Å². The molecule has 1 fully saturated rings. The van der Waals surface area contributed by atoms with Gasteiger partial charge in [-0.2, -0.15) is 9.40 Å². The van der Waals surface area contributed by atoms with Crippen LogP contribution in [0, 0.1) is 13.8 Å². The predicted octanol–water partition coefficient (Wildman–Crippen LogP) is 3.53. The number of H-pyrrole nitrogens is 1. The molecular weight excluding hydrogens is 374 g/mol. The van der Waals surface area contributed by atoms with Crippen LogP contribution in [0.4, 0.5) is 0 Å². The third-order valence-electron chi connectivity index (χ3n) is 5.55. The van der Waals surface area contributed by atoms with Crippen molar-refractivity contribution in [3.05, 3.63) is 41.5 Å². The number of hydrogen-bond donors (Lipinski definition) is 1. The molecule has 0 spiro atoms. The minimum Gasteiger partial charge on any atom is -0.325 e. The lowest BCUT2D eigenvalue weighted by Crippen LogP contribution is -2.40. The maximum atomic E-state index is 13.3. The molecule has 8 heteroatoms. The van der Waals surface area contributed by atoms with E-state index in [1.54, 1.807) is 18.2 Å². The molecule has 0 radical (unpaired) electrons. The lowest BCUT2D eigenvalue weighted by atomic mass is 9.98. The second-order valence-electron chi connectivity index (χ2n) is 7.89. The van der Waals surface area contributed by atoms with Gasteiger partial charge in [-0.15, -0.1) is 0 Å². The molecule has 7 nitrogen and oxygen atoms in total. The van der Waals surface area contributed by atoms with E-state index < -0.39 is 10.0 Å². The molecule has 150 valence electrons. The van der Waals surface area contributed by atoms with Crippen molar-refractivity contribution in [2.24, 2.45) is 0 Å². The number of nitrogens with zero attached hydrogens (tertiary/aromatic N) is 4. The van der Waals surface area contributed by atoms with Crippen molar-refractivity contribution in [3.63, 3.8) is 0 Å². The van der Waals surface area contributed by atoms with Gasteiger partial charge >= 0.3 is 0 Å². The summed E-state index contributed by atoms with van der Waals surface area (Å²) in [6.07, 6.45) is 1.76. The third kappa shape index (κ3) is 3.04. The van der Waals surface area contributed by atoms with Gasteiger partial charge < -0.3 is 4.57 Å². The minimum atomic E-state index is -3.58. The Morgan fingerprint density at radius 3 is 2.64 bits per heavy atom. The Morgan fingerprint density at radius 2 is 1.96 bits per heavy atom. The fraction of sp³-hybridized carbons (Fsp3) is 0.500. The molecule has 2 aromatic heterocycles. The summed E-state index contributed by atoms with van der Waals surface area (Å²) >= 11 is 0. The largest absolute Gasteiger partial charge is 0.325 e. The van der Waals surface area contributed by atoms with E-state index in [0.29, 0.717) is 29.4 Å². The number of para-hydroxylation sites is 2. The number of nitrogens with one attached hydrogen (secondary N) is 1. The van der Waals surface area contributed by atoms with Gasteiger partial charge in [-0.25, -0.2) is 13.4 Å². The number of sulfonamides is 1. The number of piperidine rings is 1. The summed E-state index contributed by atoms with van der Waals surface area (Å²) in [5, 5.41) is 6.87. The SMILES string of the molecule is Cc1n[nH]c(C)c1S(=O)(=O)N1CCC[C@@H](c2nc3ccccc3n2C(C)C)C1. The fourth-order valence-corrected chi connectivity index (χ4v) is 6.17. The molecule has 4 rings (SSSR count). The summed E-state index contributed by atoms with van der Waals surface area (Å²) < 4.78 is 30.5. The standard InChI is InChI=1S/C20H27N5O2S/c1-13(2)25-18-10-6-5-9-17(18)21-20(25)16-8-7-11-24(12-16)28(26,27)19-14(3)22-23-15(19)4/h5-6,9-10,13,16H,7-8,11-12H2,1-4H3,(H,22,23)/t16-/m1/s1. The second kappa shape index (κ2) is 7.00. The van der Waals surface area contributed by atoms with E-state index in [4.69, 9.17) is 4.98 Å². The number of imidazole rings is 1. The smallest absolute Gasteiger partial charge is 0.246 e. The number of aromatic amines is 1. The summed E-state index contributed by atoms with van der Waals surface area (Å²) in [4.78, 5) is 5.21. The van der Waals surface area contributed by atoms with Crippen LogP contribution < -0.4 is 0 Å². The lowest BCUT2D eigenvalue weighted by molar-refractivity contribution is 0.303. The molecule has 1 atom stereocenters. The van der Waals surface area contributed by atoms with Crippen LogP contribution in [-0.2, 0) is 10.0 Å². The van der Waals surface area contributed by atoms with Gasteiger partial charge in [-0.1, -0.05) is 12.1 Å². The van der Waals surface area contributed by atoms with Gasteiger partial charge in [0.1, 0.15) is 10.7 Å². The Bertz CT molecular complexity index is 1090. The van der Waals surface area contributed by atoms with Crippen LogP contribution in [0.2, 0.25) is 0 Å². The Kier molecular flexibility index (Phi) is 4.79. The Labute approximate surface area is 165 Å². The normalized spacial score (nSPS) is 19.0. The molecule has 0 amide bonds. The van der Waals surface area contributed by atoms with E-state index in [1.165, 1.54) is 0 Å². The number of fused-ring (bicyclic) bond motifs is 1. The average molecular weight is 402 g/mol. The maximum Gasteiger partial charge on any atom is 0.246 e. The first-order valence-electron chi connectivity index (χ1n) is 9.79. The molecule has 0 bridgehead atoms. The molecule has 28 heavy (non-hydrogen) atoms. The highest BCUT2D eigenvalue weighted by atomic mass is 32.2. The van der Waals surface area contributed by atoms with Crippen LogP contribution >= 0.6 is 0 Å². The molecule has 1 aromatic carbocycles. The van der Waals surface area contributed by atoms with E-state index in [1.807, 2.05) is 18.2 Å². The van der Waals surface area contributed by atoms with Crippen molar-refractivity contribution in [1.82, 2.24) is 24.1 Å². The van der Waals surface area contributed by atoms with Crippen molar-refractivity contribution in [3.8, 4) is 0 Å². The van der Waals surface area contributed by atoms with E-state index in [-0.39, 0.29) is 12.0 Å². The van der Waals surface area contributed by atoms with Gasteiger partial charge in [0.15, 0.2) is 0 Å². The van der Waals surface area contributed by atoms with Gasteiger partial charge in [0.25, 0.3) is 0 Å². The monoisotopic (exact) mass is 401 g/mol. The first-order chi connectivity index (χ1) is 13.3. The summed E-state index contributed by atoms with van der Waals surface area (Å²) in [5.41, 5.74) is 3.18. The molecule has 0 unspecified atom stereocenters. The number of hydrogen-bond acceptors (Lipinski definition) is 4. The van der Waals surface area contributed by atoms with Crippen molar-refractivity contribution >= 4 is 21.1 Å². The molecular formula is C20H27N5O2S. The molecule has 1 aliphatic heterocycles. The van der Waals surface area contributed by atoms with E-state index >= 15 is 0 Å². The summed E-state index contributed by atoms with van der Waals surface area (Å²) in [6, 6.07) is 8.38. The number of rotatable bonds is 4. The number of aromatic nitrogens is 4. The second-order valence-corrected chi connectivity index (χ2v) is 9.76. The summed E-state index contributed by atoms with van der Waals surface area (Å²) in [7, 11) is -3.58. The van der Waals surface area contributed by atoms with Gasteiger partial charge in [-0.3, -0.25) is 5.10 Å². The van der Waals surface area contributed by atoms with Crippen LogP contribution in [0.1, 0.15) is 55.9 Å². The number of benzene rings is 1. The van der Waals surface area contributed by atoms with Gasteiger partial charge in [0.05, 0.1) is 22.4 Å². The molecule has 0 saturated carbocycles. The van der Waals surface area contributed by atoms with Crippen LogP contribution in [-0.4, -0.2) is 45.6 Å². The van der Waals surface area contributed by atoms with Crippen LogP contribution in [0.5, 0.6) is 0 Å². The van der Waals surface area contributed by atoms with Gasteiger partial charge in [0.2, 0.25) is 10.0 Å². The fourth-order valence-electron chi connectivity index (χ4n) is 4.32. The van der Waals surface area contributed by atoms with Gasteiger partial charge in [-0.05, 0) is 52.7 Å². The first kappa shape index (κ1) is 19.1. The average Bonchev–Trinajstić information content (AvgIpc) is 3.22. The first-order valence-corrected chi connectivity index (χ1v) is 11.2.